The Morgan fingerprint density at radius 2 is 2.15 bits per heavy atom. The molecule has 7 nitrogen and oxygen atoms in total. The summed E-state index contributed by atoms with van der Waals surface area (Å²) >= 11 is 1.65. The number of hydrogen-bond acceptors (Lipinski definition) is 6. The van der Waals surface area contributed by atoms with Gasteiger partial charge < -0.3 is 10.1 Å². The van der Waals surface area contributed by atoms with Gasteiger partial charge in [0.25, 0.3) is 0 Å². The number of aryl methyl sites for hydroxylation is 3. The number of nitrogens with zero attached hydrogens (tertiary/aromatic N) is 5. The van der Waals surface area contributed by atoms with Gasteiger partial charge in [0.15, 0.2) is 5.13 Å². The average molecular weight is 387 g/mol. The molecular weight excluding hydrogens is 360 g/mol. The molecule has 4 rings (SSSR count). The smallest absolute Gasteiger partial charge is 0.183 e. The molecule has 144 valence electrons. The molecule has 4 heterocycles. The van der Waals surface area contributed by atoms with E-state index in [1.54, 1.807) is 11.3 Å². The topological polar surface area (TPSA) is 69.8 Å². The maximum Gasteiger partial charge on any atom is 0.183 e. The molecule has 0 bridgehead atoms. The van der Waals surface area contributed by atoms with Crippen LogP contribution in [0.1, 0.15) is 36.2 Å². The van der Waals surface area contributed by atoms with E-state index in [1.165, 1.54) is 18.4 Å². The van der Waals surface area contributed by atoms with Gasteiger partial charge in [-0.2, -0.15) is 10.2 Å². The molecule has 1 unspecified atom stereocenters. The van der Waals surface area contributed by atoms with Crippen LogP contribution in [0.5, 0.6) is 0 Å². The molecule has 1 atom stereocenters. The second-order valence-corrected chi connectivity index (χ2v) is 8.11. The molecule has 3 aromatic heterocycles. The van der Waals surface area contributed by atoms with Crippen LogP contribution in [0.25, 0.3) is 10.6 Å². The SMILES string of the molecule is Cc1nn(C)cc1CNc1nc(C)c(-c2ccn(CC3CCCCO3)n2)s1. The van der Waals surface area contributed by atoms with Crippen LogP contribution in [0.2, 0.25) is 0 Å². The predicted molar refractivity (Wildman–Crippen MR) is 107 cm³/mol. The lowest BCUT2D eigenvalue weighted by Crippen LogP contribution is -2.24. The molecule has 1 fully saturated rings. The van der Waals surface area contributed by atoms with E-state index in [2.05, 4.69) is 21.5 Å². The van der Waals surface area contributed by atoms with Crippen molar-refractivity contribution in [2.75, 3.05) is 11.9 Å². The highest BCUT2D eigenvalue weighted by Gasteiger charge is 2.17. The van der Waals surface area contributed by atoms with Crippen LogP contribution >= 0.6 is 11.3 Å². The number of thiazole rings is 1. The van der Waals surface area contributed by atoms with Gasteiger partial charge in [0, 0.05) is 38.2 Å². The molecule has 1 aliphatic heterocycles. The molecule has 1 aliphatic rings. The molecule has 27 heavy (non-hydrogen) atoms. The Morgan fingerprint density at radius 3 is 2.89 bits per heavy atom. The lowest BCUT2D eigenvalue weighted by atomic mass is 10.1. The van der Waals surface area contributed by atoms with Crippen molar-refractivity contribution in [2.24, 2.45) is 7.05 Å². The van der Waals surface area contributed by atoms with Crippen molar-refractivity contribution in [2.45, 2.75) is 52.3 Å². The largest absolute Gasteiger partial charge is 0.376 e. The minimum atomic E-state index is 0.286. The van der Waals surface area contributed by atoms with Gasteiger partial charge in [0.1, 0.15) is 5.69 Å². The molecule has 0 aromatic carbocycles. The number of rotatable bonds is 6. The van der Waals surface area contributed by atoms with Crippen LogP contribution in [0.4, 0.5) is 5.13 Å². The minimum absolute atomic E-state index is 0.286. The molecule has 1 saturated heterocycles. The number of ether oxygens (including phenoxy) is 1. The first-order valence-electron chi connectivity index (χ1n) is 9.44. The van der Waals surface area contributed by atoms with Gasteiger partial charge in [-0.05, 0) is 39.2 Å². The monoisotopic (exact) mass is 386 g/mol. The number of nitrogens with one attached hydrogen (secondary N) is 1. The molecule has 0 saturated carbocycles. The first kappa shape index (κ1) is 18.2. The Bertz CT molecular complexity index is 905. The third kappa shape index (κ3) is 4.22. The first-order chi connectivity index (χ1) is 13.1. The van der Waals surface area contributed by atoms with Gasteiger partial charge >= 0.3 is 0 Å². The summed E-state index contributed by atoms with van der Waals surface area (Å²) in [6.45, 7) is 6.48. The van der Waals surface area contributed by atoms with Crippen molar-refractivity contribution < 1.29 is 4.74 Å². The molecule has 8 heteroatoms. The number of anilines is 1. The summed E-state index contributed by atoms with van der Waals surface area (Å²) < 4.78 is 9.66. The van der Waals surface area contributed by atoms with Gasteiger partial charge in [-0.15, -0.1) is 0 Å². The highest BCUT2D eigenvalue weighted by atomic mass is 32.1. The van der Waals surface area contributed by atoms with Crippen molar-refractivity contribution in [3.63, 3.8) is 0 Å². The van der Waals surface area contributed by atoms with Crippen molar-refractivity contribution in [3.8, 4) is 10.6 Å². The summed E-state index contributed by atoms with van der Waals surface area (Å²) in [5.74, 6) is 0. The van der Waals surface area contributed by atoms with Crippen molar-refractivity contribution in [1.82, 2.24) is 24.5 Å². The van der Waals surface area contributed by atoms with E-state index in [4.69, 9.17) is 9.84 Å². The molecule has 0 radical (unpaired) electrons. The number of hydrogen-bond donors (Lipinski definition) is 1. The summed E-state index contributed by atoms with van der Waals surface area (Å²) in [4.78, 5) is 5.78. The summed E-state index contributed by atoms with van der Waals surface area (Å²) in [6, 6.07) is 2.07. The quantitative estimate of drug-likeness (QED) is 0.702. The molecule has 1 N–H and O–H groups in total. The normalized spacial score (nSPS) is 17.4. The molecule has 0 aliphatic carbocycles. The van der Waals surface area contributed by atoms with E-state index in [0.29, 0.717) is 0 Å². The van der Waals surface area contributed by atoms with Gasteiger partial charge in [0.2, 0.25) is 0 Å². The van der Waals surface area contributed by atoms with Crippen molar-refractivity contribution >= 4 is 16.5 Å². The first-order valence-corrected chi connectivity index (χ1v) is 10.3. The molecule has 0 amide bonds. The summed E-state index contributed by atoms with van der Waals surface area (Å²) in [5, 5.41) is 13.5. The third-order valence-electron chi connectivity index (χ3n) is 4.88. The Morgan fingerprint density at radius 1 is 1.26 bits per heavy atom. The highest BCUT2D eigenvalue weighted by molar-refractivity contribution is 7.19. The van der Waals surface area contributed by atoms with E-state index in [0.717, 1.165) is 53.2 Å². The zero-order valence-corrected chi connectivity index (χ0v) is 16.9. The molecular formula is C19H26N6OS. The van der Waals surface area contributed by atoms with E-state index in [9.17, 15) is 0 Å². The Balaban J connectivity index is 1.42. The van der Waals surface area contributed by atoms with Crippen LogP contribution in [0.15, 0.2) is 18.5 Å². The summed E-state index contributed by atoms with van der Waals surface area (Å²) in [6.07, 6.45) is 7.91. The lowest BCUT2D eigenvalue weighted by molar-refractivity contribution is 0.00403. The Hall–Kier alpha value is -2.19. The number of aromatic nitrogens is 5. The van der Waals surface area contributed by atoms with Crippen LogP contribution in [-0.2, 0) is 24.9 Å². The van der Waals surface area contributed by atoms with Crippen LogP contribution < -0.4 is 5.32 Å². The fourth-order valence-corrected chi connectivity index (χ4v) is 4.37. The van der Waals surface area contributed by atoms with Gasteiger partial charge in [-0.3, -0.25) is 9.36 Å². The lowest BCUT2D eigenvalue weighted by Gasteiger charge is -2.22. The van der Waals surface area contributed by atoms with Crippen molar-refractivity contribution in [1.29, 1.82) is 0 Å². The highest BCUT2D eigenvalue weighted by Crippen LogP contribution is 2.32. The summed E-state index contributed by atoms with van der Waals surface area (Å²) in [5.41, 5.74) is 4.21. The summed E-state index contributed by atoms with van der Waals surface area (Å²) in [7, 11) is 1.94. The van der Waals surface area contributed by atoms with E-state index in [-0.39, 0.29) is 6.10 Å². The fraction of sp³-hybridized carbons (Fsp3) is 0.526. The van der Waals surface area contributed by atoms with Gasteiger partial charge in [-0.1, -0.05) is 11.3 Å². The maximum atomic E-state index is 5.82. The van der Waals surface area contributed by atoms with E-state index in [1.807, 2.05) is 42.7 Å². The van der Waals surface area contributed by atoms with E-state index < -0.39 is 0 Å². The average Bonchev–Trinajstić information content (AvgIpc) is 3.33. The van der Waals surface area contributed by atoms with E-state index >= 15 is 0 Å². The standard InChI is InChI=1S/C19H26N6OS/c1-13-15(11-24(3)22-13)10-20-19-21-14(2)18(27-19)17-7-8-25(23-17)12-16-6-4-5-9-26-16/h7-8,11,16H,4-6,9-10,12H2,1-3H3,(H,20,21). The van der Waals surface area contributed by atoms with Gasteiger partial charge in [0.05, 0.1) is 28.9 Å². The van der Waals surface area contributed by atoms with Crippen LogP contribution in [0.3, 0.4) is 0 Å². The predicted octanol–water partition coefficient (Wildman–Crippen LogP) is 3.54. The molecule has 3 aromatic rings. The van der Waals surface area contributed by atoms with Crippen molar-refractivity contribution in [3.05, 3.63) is 35.4 Å². The minimum Gasteiger partial charge on any atom is -0.376 e. The van der Waals surface area contributed by atoms with Crippen LogP contribution in [0, 0.1) is 13.8 Å². The van der Waals surface area contributed by atoms with Gasteiger partial charge in [-0.25, -0.2) is 4.98 Å². The maximum absolute atomic E-state index is 5.82. The molecule has 0 spiro atoms. The van der Waals surface area contributed by atoms with Crippen LogP contribution in [-0.4, -0.2) is 37.3 Å². The Kier molecular flexibility index (Phi) is 5.27. The second kappa shape index (κ2) is 7.82. The zero-order valence-electron chi connectivity index (χ0n) is 16.1. The zero-order chi connectivity index (χ0) is 18.8. The third-order valence-corrected chi connectivity index (χ3v) is 6.02. The Labute approximate surface area is 163 Å². The fourth-order valence-electron chi connectivity index (χ4n) is 3.45. The second-order valence-electron chi connectivity index (χ2n) is 7.11.